The first-order valence-electron chi connectivity index (χ1n) is 7.48. The Kier molecular flexibility index (Phi) is 3.63. The number of amides is 1. The third-order valence-corrected chi connectivity index (χ3v) is 3.68. The van der Waals surface area contributed by atoms with Crippen molar-refractivity contribution in [3.63, 3.8) is 0 Å². The monoisotopic (exact) mass is 322 g/mol. The summed E-state index contributed by atoms with van der Waals surface area (Å²) in [6.07, 6.45) is 0. The van der Waals surface area contributed by atoms with Gasteiger partial charge in [-0.15, -0.1) is 0 Å². The minimum atomic E-state index is -0.211. The molecular weight excluding hydrogens is 308 g/mol. The molecular formula is C18H14N2O4. The zero-order chi connectivity index (χ0) is 16.4. The fraction of sp³-hybridized carbons (Fsp3) is 0.111. The van der Waals surface area contributed by atoms with Gasteiger partial charge in [0.1, 0.15) is 5.69 Å². The first kappa shape index (κ1) is 14.3. The SMILES string of the molecule is O=C(NCc1cc(-c2ccccc2)on1)c1ccc2c(c1)OCO2. The Hall–Kier alpha value is -3.28. The summed E-state index contributed by atoms with van der Waals surface area (Å²) >= 11 is 0. The van der Waals surface area contributed by atoms with Crippen LogP contribution in [0.25, 0.3) is 11.3 Å². The standard InChI is InChI=1S/C18H14N2O4/c21-18(13-6-7-15-17(8-13)23-11-22-15)19-10-14-9-16(24-20-14)12-4-2-1-3-5-12/h1-9H,10-11H2,(H,19,21). The van der Waals surface area contributed by atoms with Gasteiger partial charge in [0, 0.05) is 17.2 Å². The lowest BCUT2D eigenvalue weighted by atomic mass is 10.1. The second kappa shape index (κ2) is 6.08. The first-order chi connectivity index (χ1) is 11.8. The third kappa shape index (κ3) is 2.81. The molecule has 1 aromatic heterocycles. The van der Waals surface area contributed by atoms with Gasteiger partial charge in [0.05, 0.1) is 6.54 Å². The minimum Gasteiger partial charge on any atom is -0.454 e. The van der Waals surface area contributed by atoms with Crippen LogP contribution in [0.5, 0.6) is 11.5 Å². The predicted molar refractivity (Wildman–Crippen MR) is 85.7 cm³/mol. The molecule has 2 heterocycles. The van der Waals surface area contributed by atoms with E-state index in [1.54, 1.807) is 18.2 Å². The number of ether oxygens (including phenoxy) is 2. The molecule has 1 amide bonds. The summed E-state index contributed by atoms with van der Waals surface area (Å²) in [5.41, 5.74) is 2.10. The van der Waals surface area contributed by atoms with Gasteiger partial charge in [0.25, 0.3) is 5.91 Å². The Morgan fingerprint density at radius 2 is 1.88 bits per heavy atom. The summed E-state index contributed by atoms with van der Waals surface area (Å²) in [7, 11) is 0. The van der Waals surface area contributed by atoms with Crippen molar-refractivity contribution in [3.05, 3.63) is 65.9 Å². The summed E-state index contributed by atoms with van der Waals surface area (Å²) < 4.78 is 15.8. The van der Waals surface area contributed by atoms with Gasteiger partial charge in [-0.1, -0.05) is 35.5 Å². The van der Waals surface area contributed by atoms with Crippen LogP contribution in [0, 0.1) is 0 Å². The first-order valence-corrected chi connectivity index (χ1v) is 7.48. The average molecular weight is 322 g/mol. The largest absolute Gasteiger partial charge is 0.454 e. The summed E-state index contributed by atoms with van der Waals surface area (Å²) in [6.45, 7) is 0.464. The summed E-state index contributed by atoms with van der Waals surface area (Å²) in [5.74, 6) is 1.69. The predicted octanol–water partition coefficient (Wildman–Crippen LogP) is 3.00. The van der Waals surface area contributed by atoms with Gasteiger partial charge >= 0.3 is 0 Å². The van der Waals surface area contributed by atoms with Crippen molar-refractivity contribution in [2.75, 3.05) is 6.79 Å². The molecule has 0 saturated heterocycles. The van der Waals surface area contributed by atoms with Gasteiger partial charge in [0.15, 0.2) is 17.3 Å². The Morgan fingerprint density at radius 1 is 1.04 bits per heavy atom. The number of fused-ring (bicyclic) bond motifs is 1. The van der Waals surface area contributed by atoms with Gasteiger partial charge in [-0.3, -0.25) is 4.79 Å². The normalized spacial score (nSPS) is 12.2. The Balaban J connectivity index is 1.42. The van der Waals surface area contributed by atoms with E-state index in [4.69, 9.17) is 14.0 Å². The van der Waals surface area contributed by atoms with E-state index in [2.05, 4.69) is 10.5 Å². The number of hydrogen-bond acceptors (Lipinski definition) is 5. The molecule has 0 bridgehead atoms. The Labute approximate surface area is 138 Å². The van der Waals surface area contributed by atoms with E-state index in [0.29, 0.717) is 28.5 Å². The highest BCUT2D eigenvalue weighted by atomic mass is 16.7. The van der Waals surface area contributed by atoms with Crippen molar-refractivity contribution in [2.24, 2.45) is 0 Å². The Morgan fingerprint density at radius 3 is 2.75 bits per heavy atom. The van der Waals surface area contributed by atoms with Gasteiger partial charge in [-0.2, -0.15) is 0 Å². The number of nitrogens with one attached hydrogen (secondary N) is 1. The molecule has 0 aliphatic carbocycles. The van der Waals surface area contributed by atoms with Crippen LogP contribution in [0.15, 0.2) is 59.1 Å². The van der Waals surface area contributed by atoms with Crippen LogP contribution in [0.1, 0.15) is 16.1 Å². The van der Waals surface area contributed by atoms with Gasteiger partial charge < -0.3 is 19.3 Å². The van der Waals surface area contributed by atoms with E-state index < -0.39 is 0 Å². The summed E-state index contributed by atoms with van der Waals surface area (Å²) in [4.78, 5) is 12.2. The molecule has 1 N–H and O–H groups in total. The average Bonchev–Trinajstić information content (AvgIpc) is 3.29. The van der Waals surface area contributed by atoms with E-state index in [9.17, 15) is 4.79 Å². The van der Waals surface area contributed by atoms with E-state index >= 15 is 0 Å². The molecule has 3 aromatic rings. The molecule has 24 heavy (non-hydrogen) atoms. The van der Waals surface area contributed by atoms with E-state index in [0.717, 1.165) is 5.56 Å². The highest BCUT2D eigenvalue weighted by Gasteiger charge is 2.16. The summed E-state index contributed by atoms with van der Waals surface area (Å²) in [6, 6.07) is 16.6. The maximum Gasteiger partial charge on any atom is 0.251 e. The van der Waals surface area contributed by atoms with Crippen LogP contribution in [-0.4, -0.2) is 17.9 Å². The van der Waals surface area contributed by atoms with E-state index in [1.807, 2.05) is 36.4 Å². The molecule has 0 atom stereocenters. The van der Waals surface area contributed by atoms with Crippen molar-refractivity contribution in [1.82, 2.24) is 10.5 Å². The lowest BCUT2D eigenvalue weighted by molar-refractivity contribution is 0.0949. The number of rotatable bonds is 4. The smallest absolute Gasteiger partial charge is 0.251 e. The molecule has 6 nitrogen and oxygen atoms in total. The van der Waals surface area contributed by atoms with Crippen LogP contribution < -0.4 is 14.8 Å². The fourth-order valence-electron chi connectivity index (χ4n) is 2.44. The third-order valence-electron chi connectivity index (χ3n) is 3.68. The summed E-state index contributed by atoms with van der Waals surface area (Å²) in [5, 5.41) is 6.80. The number of carbonyl (C=O) groups excluding carboxylic acids is 1. The number of carbonyl (C=O) groups is 1. The van der Waals surface area contributed by atoms with Crippen LogP contribution in [0.3, 0.4) is 0 Å². The molecule has 0 radical (unpaired) electrons. The van der Waals surface area contributed by atoms with E-state index in [-0.39, 0.29) is 19.2 Å². The molecule has 120 valence electrons. The molecule has 4 rings (SSSR count). The van der Waals surface area contributed by atoms with Crippen molar-refractivity contribution in [2.45, 2.75) is 6.54 Å². The maximum absolute atomic E-state index is 12.2. The van der Waals surface area contributed by atoms with Crippen LogP contribution in [-0.2, 0) is 6.54 Å². The number of aromatic nitrogens is 1. The zero-order valence-corrected chi connectivity index (χ0v) is 12.7. The zero-order valence-electron chi connectivity index (χ0n) is 12.7. The lowest BCUT2D eigenvalue weighted by Gasteiger charge is -2.04. The number of hydrogen-bond donors (Lipinski definition) is 1. The minimum absolute atomic E-state index is 0.182. The molecule has 0 saturated carbocycles. The number of benzene rings is 2. The molecule has 1 aliphatic rings. The highest BCUT2D eigenvalue weighted by Crippen LogP contribution is 2.32. The van der Waals surface area contributed by atoms with Gasteiger partial charge in [-0.25, -0.2) is 0 Å². The molecule has 1 aliphatic heterocycles. The second-order valence-corrected chi connectivity index (χ2v) is 5.30. The second-order valence-electron chi connectivity index (χ2n) is 5.30. The van der Waals surface area contributed by atoms with Crippen molar-refractivity contribution in [3.8, 4) is 22.8 Å². The van der Waals surface area contributed by atoms with Crippen molar-refractivity contribution in [1.29, 1.82) is 0 Å². The lowest BCUT2D eigenvalue weighted by Crippen LogP contribution is -2.22. The maximum atomic E-state index is 12.2. The molecule has 2 aromatic carbocycles. The van der Waals surface area contributed by atoms with Crippen LogP contribution >= 0.6 is 0 Å². The number of nitrogens with zero attached hydrogens (tertiary/aromatic N) is 1. The van der Waals surface area contributed by atoms with Gasteiger partial charge in [0.2, 0.25) is 6.79 Å². The van der Waals surface area contributed by atoms with Crippen LogP contribution in [0.2, 0.25) is 0 Å². The molecule has 0 spiro atoms. The molecule has 6 heteroatoms. The van der Waals surface area contributed by atoms with E-state index in [1.165, 1.54) is 0 Å². The van der Waals surface area contributed by atoms with Crippen molar-refractivity contribution >= 4 is 5.91 Å². The van der Waals surface area contributed by atoms with Crippen LogP contribution in [0.4, 0.5) is 0 Å². The Bertz CT molecular complexity index is 874. The van der Waals surface area contributed by atoms with Gasteiger partial charge in [-0.05, 0) is 18.2 Å². The molecule has 0 unspecified atom stereocenters. The topological polar surface area (TPSA) is 73.6 Å². The fourth-order valence-corrected chi connectivity index (χ4v) is 2.44. The molecule has 0 fully saturated rings. The highest BCUT2D eigenvalue weighted by molar-refractivity contribution is 5.94. The quantitative estimate of drug-likeness (QED) is 0.799. The van der Waals surface area contributed by atoms with Crippen molar-refractivity contribution < 1.29 is 18.8 Å².